The van der Waals surface area contributed by atoms with E-state index in [0.717, 1.165) is 32.1 Å². The molecule has 1 aliphatic rings. The Morgan fingerprint density at radius 3 is 2.35 bits per heavy atom. The molecule has 98 valence electrons. The molecule has 0 saturated heterocycles. The Morgan fingerprint density at radius 2 is 1.94 bits per heavy atom. The van der Waals surface area contributed by atoms with E-state index in [1.165, 1.54) is 0 Å². The van der Waals surface area contributed by atoms with Gasteiger partial charge in [-0.15, -0.1) is 0 Å². The zero-order chi connectivity index (χ0) is 12.9. The molecule has 0 unspecified atom stereocenters. The van der Waals surface area contributed by atoms with E-state index in [1.54, 1.807) is 6.92 Å². The zero-order valence-corrected chi connectivity index (χ0v) is 10.4. The number of amides is 1. The van der Waals surface area contributed by atoms with Crippen molar-refractivity contribution in [2.75, 3.05) is 6.54 Å². The molecule has 0 heterocycles. The fourth-order valence-electron chi connectivity index (χ4n) is 2.40. The molecular weight excluding hydrogens is 220 g/mol. The highest BCUT2D eigenvalue weighted by atomic mass is 16.4. The summed E-state index contributed by atoms with van der Waals surface area (Å²) in [6.07, 6.45) is 5.05. The molecule has 0 bridgehead atoms. The number of carbonyl (C=O) groups is 2. The third-order valence-corrected chi connectivity index (χ3v) is 3.69. The van der Waals surface area contributed by atoms with Crippen LogP contribution in [0, 0.1) is 5.41 Å². The van der Waals surface area contributed by atoms with Crippen molar-refractivity contribution < 1.29 is 14.7 Å². The third kappa shape index (κ3) is 3.19. The predicted octanol–water partition coefficient (Wildman–Crippen LogP) is 0.875. The van der Waals surface area contributed by atoms with E-state index >= 15 is 0 Å². The van der Waals surface area contributed by atoms with Crippen molar-refractivity contribution in [3.63, 3.8) is 0 Å². The van der Waals surface area contributed by atoms with E-state index in [1.807, 2.05) is 0 Å². The normalized spacial score (nSPS) is 20.6. The van der Waals surface area contributed by atoms with E-state index < -0.39 is 17.4 Å². The van der Waals surface area contributed by atoms with Gasteiger partial charge in [0.15, 0.2) is 0 Å². The average Bonchev–Trinajstić information content (AvgIpc) is 2.35. The number of hydrogen-bond acceptors (Lipinski definition) is 3. The topological polar surface area (TPSA) is 92.4 Å². The molecular formula is C12H22N2O3. The second-order valence-electron chi connectivity index (χ2n) is 4.82. The van der Waals surface area contributed by atoms with Crippen molar-refractivity contribution in [3.8, 4) is 0 Å². The molecule has 1 aliphatic carbocycles. The minimum absolute atomic E-state index is 0.186. The van der Waals surface area contributed by atoms with Crippen LogP contribution in [0.1, 0.15) is 45.4 Å². The number of hydrogen-bond donors (Lipinski definition) is 3. The Bertz CT molecular complexity index is 285. The van der Waals surface area contributed by atoms with E-state index in [2.05, 4.69) is 5.32 Å². The van der Waals surface area contributed by atoms with Gasteiger partial charge in [-0.1, -0.05) is 26.2 Å². The van der Waals surface area contributed by atoms with Gasteiger partial charge in [0.05, 0.1) is 5.41 Å². The quantitative estimate of drug-likeness (QED) is 0.667. The van der Waals surface area contributed by atoms with Crippen LogP contribution < -0.4 is 11.1 Å². The van der Waals surface area contributed by atoms with Crippen LogP contribution in [0.3, 0.4) is 0 Å². The minimum Gasteiger partial charge on any atom is -0.480 e. The lowest BCUT2D eigenvalue weighted by Crippen LogP contribution is -2.52. The van der Waals surface area contributed by atoms with Gasteiger partial charge in [0.2, 0.25) is 5.91 Å². The second-order valence-corrected chi connectivity index (χ2v) is 4.82. The Morgan fingerprint density at radius 1 is 1.35 bits per heavy atom. The van der Waals surface area contributed by atoms with Crippen LogP contribution in [0.2, 0.25) is 0 Å². The van der Waals surface area contributed by atoms with Crippen LogP contribution >= 0.6 is 0 Å². The molecule has 1 rings (SSSR count). The maximum atomic E-state index is 12.2. The highest BCUT2D eigenvalue weighted by Gasteiger charge is 2.39. The summed E-state index contributed by atoms with van der Waals surface area (Å²) in [6.45, 7) is 2.05. The fraction of sp³-hybridized carbons (Fsp3) is 0.833. The van der Waals surface area contributed by atoms with Gasteiger partial charge >= 0.3 is 5.97 Å². The lowest BCUT2D eigenvalue weighted by Gasteiger charge is -2.35. The first kappa shape index (κ1) is 14.0. The summed E-state index contributed by atoms with van der Waals surface area (Å²) in [5.41, 5.74) is 5.18. The lowest BCUT2D eigenvalue weighted by molar-refractivity contribution is -0.144. The highest BCUT2D eigenvalue weighted by Crippen LogP contribution is 2.35. The predicted molar refractivity (Wildman–Crippen MR) is 64.4 cm³/mol. The van der Waals surface area contributed by atoms with Crippen LogP contribution in [0.4, 0.5) is 0 Å². The van der Waals surface area contributed by atoms with Gasteiger partial charge in [-0.05, 0) is 19.3 Å². The molecule has 5 nitrogen and oxygen atoms in total. The monoisotopic (exact) mass is 242 g/mol. The summed E-state index contributed by atoms with van der Waals surface area (Å²) in [7, 11) is 0. The maximum absolute atomic E-state index is 12.2. The Balaban J connectivity index is 2.68. The summed E-state index contributed by atoms with van der Waals surface area (Å²) in [5.74, 6) is -1.17. The van der Waals surface area contributed by atoms with Crippen molar-refractivity contribution >= 4 is 11.9 Å². The van der Waals surface area contributed by atoms with E-state index in [4.69, 9.17) is 10.8 Å². The molecule has 0 aromatic rings. The molecule has 1 fully saturated rings. The average molecular weight is 242 g/mol. The van der Waals surface area contributed by atoms with Gasteiger partial charge < -0.3 is 16.2 Å². The molecule has 1 amide bonds. The molecule has 0 spiro atoms. The van der Waals surface area contributed by atoms with Crippen LogP contribution in [-0.4, -0.2) is 29.6 Å². The largest absolute Gasteiger partial charge is 0.480 e. The van der Waals surface area contributed by atoms with Crippen molar-refractivity contribution in [2.24, 2.45) is 11.1 Å². The first-order valence-electron chi connectivity index (χ1n) is 6.29. The summed E-state index contributed by atoms with van der Waals surface area (Å²) >= 11 is 0. The first-order valence-corrected chi connectivity index (χ1v) is 6.29. The Labute approximate surface area is 102 Å². The van der Waals surface area contributed by atoms with Gasteiger partial charge in [0, 0.05) is 6.54 Å². The van der Waals surface area contributed by atoms with Gasteiger partial charge in [-0.2, -0.15) is 0 Å². The Hall–Kier alpha value is -1.10. The molecule has 1 saturated carbocycles. The number of carboxylic acid groups (broad SMARTS) is 1. The van der Waals surface area contributed by atoms with Gasteiger partial charge in [0.25, 0.3) is 0 Å². The molecule has 1 atom stereocenters. The lowest BCUT2D eigenvalue weighted by atomic mass is 9.73. The smallest absolute Gasteiger partial charge is 0.326 e. The third-order valence-electron chi connectivity index (χ3n) is 3.69. The fourth-order valence-corrected chi connectivity index (χ4v) is 2.40. The van der Waals surface area contributed by atoms with Crippen LogP contribution in [-0.2, 0) is 9.59 Å². The number of carbonyl (C=O) groups excluding carboxylic acids is 1. The summed E-state index contributed by atoms with van der Waals surface area (Å²) in [6, 6.07) is -0.798. The van der Waals surface area contributed by atoms with E-state index in [9.17, 15) is 9.59 Å². The van der Waals surface area contributed by atoms with E-state index in [0.29, 0.717) is 13.0 Å². The van der Waals surface area contributed by atoms with Crippen molar-refractivity contribution in [3.05, 3.63) is 0 Å². The standard InChI is InChI=1S/C12H22N2O3/c1-2-9(10(15)16)14-11(17)12(8-13)6-4-3-5-7-12/h9H,2-8,13H2,1H3,(H,14,17)(H,15,16)/t9-/m0/s1. The van der Waals surface area contributed by atoms with Crippen LogP contribution in [0.15, 0.2) is 0 Å². The first-order chi connectivity index (χ1) is 8.05. The Kier molecular flexibility index (Phi) is 4.93. The van der Waals surface area contributed by atoms with E-state index in [-0.39, 0.29) is 5.91 Å². The van der Waals surface area contributed by atoms with Crippen LogP contribution in [0.25, 0.3) is 0 Å². The molecule has 0 aromatic heterocycles. The van der Waals surface area contributed by atoms with Crippen molar-refractivity contribution in [2.45, 2.75) is 51.5 Å². The number of aliphatic carboxylic acids is 1. The molecule has 4 N–H and O–H groups in total. The number of nitrogens with two attached hydrogens (primary N) is 1. The molecule has 0 aromatic carbocycles. The summed E-state index contributed by atoms with van der Waals surface area (Å²) in [4.78, 5) is 23.1. The summed E-state index contributed by atoms with van der Waals surface area (Å²) in [5, 5.41) is 11.5. The maximum Gasteiger partial charge on any atom is 0.326 e. The highest BCUT2D eigenvalue weighted by molar-refractivity contribution is 5.87. The van der Waals surface area contributed by atoms with Crippen molar-refractivity contribution in [1.82, 2.24) is 5.32 Å². The number of rotatable bonds is 5. The van der Waals surface area contributed by atoms with Crippen LogP contribution in [0.5, 0.6) is 0 Å². The van der Waals surface area contributed by atoms with Gasteiger partial charge in [-0.25, -0.2) is 4.79 Å². The number of nitrogens with one attached hydrogen (secondary N) is 1. The molecule has 0 radical (unpaired) electrons. The van der Waals surface area contributed by atoms with Gasteiger partial charge in [-0.3, -0.25) is 4.79 Å². The minimum atomic E-state index is -0.983. The molecule has 17 heavy (non-hydrogen) atoms. The second kappa shape index (κ2) is 6.00. The van der Waals surface area contributed by atoms with Crippen molar-refractivity contribution in [1.29, 1.82) is 0 Å². The SMILES string of the molecule is CC[C@H](NC(=O)C1(CN)CCCCC1)C(=O)O. The molecule has 5 heteroatoms. The summed E-state index contributed by atoms with van der Waals surface area (Å²) < 4.78 is 0. The number of carboxylic acids is 1. The molecule has 0 aliphatic heterocycles. The zero-order valence-electron chi connectivity index (χ0n) is 10.4. The van der Waals surface area contributed by atoms with Gasteiger partial charge in [0.1, 0.15) is 6.04 Å².